The number of carbonyl (C=O) groups is 2. The van der Waals surface area contributed by atoms with E-state index in [4.69, 9.17) is 22.1 Å². The summed E-state index contributed by atoms with van der Waals surface area (Å²) in [6, 6.07) is 10.7. The van der Waals surface area contributed by atoms with E-state index in [1.807, 2.05) is 0 Å². The Balaban J connectivity index is 1.53. The molecule has 3 N–H and O–H groups in total. The fraction of sp³-hybridized carbons (Fsp3) is 0.375. The molecule has 0 saturated heterocycles. The molecule has 5 rings (SSSR count). The molecule has 2 aromatic heterocycles. The Hall–Kier alpha value is -4.43. The molecule has 2 aromatic carbocycles. The molecule has 2 amide bonds. The molecule has 1 aliphatic carbocycles. The number of guanidine groups is 1. The number of ether oxygens (including phenoxy) is 1. The van der Waals surface area contributed by atoms with Crippen LogP contribution in [0.3, 0.4) is 0 Å². The Bertz CT molecular complexity index is 1720. The van der Waals surface area contributed by atoms with Crippen LogP contribution in [0, 0.1) is 5.41 Å². The summed E-state index contributed by atoms with van der Waals surface area (Å²) in [5.74, 6) is -0.578. The van der Waals surface area contributed by atoms with Gasteiger partial charge in [0.15, 0.2) is 5.96 Å². The molecule has 1 aliphatic rings. The molecule has 0 bridgehead atoms. The standard InChI is InChI=1S/C32H35ClF2N8O3S/c1-32(2,3)12-13-37-30(36)43(28(44)20-6-4-19(5-7-20)22-15-39-42(16-22)29(34)35)26(17-46-31(45)40-23-9-10-23)21-8-11-25(33)24(14-21)27-41-38-18-47-27/h4-8,11,14-16,18,23,26,29H,9-10,12-13,17H2,1-3H3,(H2,36,37)(H,40,45)/t26-/m1/s1. The minimum absolute atomic E-state index is 0.0389. The van der Waals surface area contributed by atoms with Gasteiger partial charge in [0.05, 0.1) is 17.3 Å². The fourth-order valence-electron chi connectivity index (χ4n) is 4.64. The Morgan fingerprint density at radius 1 is 1.19 bits per heavy atom. The van der Waals surface area contributed by atoms with Crippen molar-refractivity contribution in [2.24, 2.45) is 16.1 Å². The normalized spacial score (nSPS) is 14.2. The van der Waals surface area contributed by atoms with Crippen LogP contribution in [0.15, 0.2) is 65.4 Å². The lowest BCUT2D eigenvalue weighted by Gasteiger charge is -2.31. The maximum Gasteiger partial charge on any atom is 0.407 e. The number of nitrogens with zero attached hydrogens (tertiary/aromatic N) is 6. The van der Waals surface area contributed by atoms with Crippen LogP contribution < -0.4 is 11.1 Å². The molecule has 0 spiro atoms. The number of aromatic nitrogens is 4. The van der Waals surface area contributed by atoms with Crippen molar-refractivity contribution < 1.29 is 23.1 Å². The van der Waals surface area contributed by atoms with Gasteiger partial charge in [-0.05, 0) is 60.1 Å². The van der Waals surface area contributed by atoms with Gasteiger partial charge in [-0.15, -0.1) is 10.2 Å². The quantitative estimate of drug-likeness (QED) is 0.129. The molecule has 2 heterocycles. The van der Waals surface area contributed by atoms with Crippen LogP contribution >= 0.6 is 22.9 Å². The summed E-state index contributed by atoms with van der Waals surface area (Å²) >= 11 is 7.84. The number of aliphatic imine (C=N–C) groups is 1. The van der Waals surface area contributed by atoms with Crippen LogP contribution in [0.4, 0.5) is 13.6 Å². The van der Waals surface area contributed by atoms with Crippen molar-refractivity contribution in [2.75, 3.05) is 13.2 Å². The number of halogens is 3. The predicted octanol–water partition coefficient (Wildman–Crippen LogP) is 6.94. The molecule has 0 unspecified atom stereocenters. The highest BCUT2D eigenvalue weighted by atomic mass is 35.5. The SMILES string of the molecule is CC(C)(C)CCN=C(N)N(C(=O)c1ccc(-c2cnn(C(F)F)c2)cc1)[C@H](COC(=O)NC1CC1)c1ccc(Cl)c(-c2nncs2)c1. The first-order valence-electron chi connectivity index (χ1n) is 14.9. The maximum atomic E-state index is 14.4. The number of nitrogens with two attached hydrogens (primary N) is 1. The Morgan fingerprint density at radius 3 is 2.55 bits per heavy atom. The zero-order valence-corrected chi connectivity index (χ0v) is 27.6. The molecule has 1 fully saturated rings. The van der Waals surface area contributed by atoms with E-state index in [0.717, 1.165) is 12.8 Å². The lowest BCUT2D eigenvalue weighted by molar-refractivity contribution is 0.0566. The highest BCUT2D eigenvalue weighted by Crippen LogP contribution is 2.34. The summed E-state index contributed by atoms with van der Waals surface area (Å²) in [5, 5.41) is 15.5. The number of alkyl halides is 2. The molecular weight excluding hydrogens is 650 g/mol. The van der Waals surface area contributed by atoms with Gasteiger partial charge in [0, 0.05) is 35.5 Å². The second-order valence-corrected chi connectivity index (χ2v) is 13.5. The number of hydrogen-bond donors (Lipinski definition) is 2. The van der Waals surface area contributed by atoms with Gasteiger partial charge in [-0.1, -0.05) is 61.9 Å². The predicted molar refractivity (Wildman–Crippen MR) is 176 cm³/mol. The van der Waals surface area contributed by atoms with Crippen molar-refractivity contribution >= 4 is 40.9 Å². The second kappa shape index (κ2) is 14.6. The smallest absolute Gasteiger partial charge is 0.407 e. The van der Waals surface area contributed by atoms with Gasteiger partial charge in [0.25, 0.3) is 5.91 Å². The molecule has 11 nitrogen and oxygen atoms in total. The first-order chi connectivity index (χ1) is 22.4. The molecule has 248 valence electrons. The second-order valence-electron chi connectivity index (χ2n) is 12.3. The average Bonchev–Trinajstić information content (AvgIpc) is 3.45. The van der Waals surface area contributed by atoms with Crippen molar-refractivity contribution in [3.05, 3.63) is 76.5 Å². The number of carbonyl (C=O) groups excluding carboxylic acids is 2. The largest absolute Gasteiger partial charge is 0.447 e. The Morgan fingerprint density at radius 2 is 1.94 bits per heavy atom. The number of rotatable bonds is 11. The van der Waals surface area contributed by atoms with E-state index in [9.17, 15) is 18.4 Å². The zero-order chi connectivity index (χ0) is 33.7. The molecule has 0 aliphatic heterocycles. The number of benzene rings is 2. The van der Waals surface area contributed by atoms with Crippen LogP contribution in [-0.2, 0) is 4.74 Å². The van der Waals surface area contributed by atoms with E-state index in [2.05, 4.69) is 46.4 Å². The zero-order valence-electron chi connectivity index (χ0n) is 26.1. The number of amides is 2. The Kier molecular flexibility index (Phi) is 10.5. The van der Waals surface area contributed by atoms with E-state index >= 15 is 0 Å². The van der Waals surface area contributed by atoms with Crippen LogP contribution in [0.25, 0.3) is 21.7 Å². The summed E-state index contributed by atoms with van der Waals surface area (Å²) in [4.78, 5) is 32.9. The van der Waals surface area contributed by atoms with Crippen molar-refractivity contribution in [1.82, 2.24) is 30.2 Å². The summed E-state index contributed by atoms with van der Waals surface area (Å²) in [5.41, 5.74) is 10.6. The number of nitrogens with one attached hydrogen (secondary N) is 1. The third kappa shape index (κ3) is 8.89. The lowest BCUT2D eigenvalue weighted by Crippen LogP contribution is -2.46. The topological polar surface area (TPSA) is 141 Å². The van der Waals surface area contributed by atoms with E-state index < -0.39 is 24.6 Å². The van der Waals surface area contributed by atoms with Gasteiger partial charge in [-0.2, -0.15) is 13.9 Å². The van der Waals surface area contributed by atoms with Crippen molar-refractivity contribution in [3.63, 3.8) is 0 Å². The van der Waals surface area contributed by atoms with E-state index in [-0.39, 0.29) is 29.6 Å². The fourth-order valence-corrected chi connectivity index (χ4v) is 5.49. The number of alkyl carbamates (subject to hydrolysis) is 1. The third-order valence-corrected chi connectivity index (χ3v) is 8.47. The van der Waals surface area contributed by atoms with Gasteiger partial charge < -0.3 is 15.8 Å². The third-order valence-electron chi connectivity index (χ3n) is 7.42. The number of hydrogen-bond acceptors (Lipinski definition) is 8. The van der Waals surface area contributed by atoms with Gasteiger partial charge in [-0.25, -0.2) is 9.48 Å². The molecule has 4 aromatic rings. The lowest BCUT2D eigenvalue weighted by atomic mass is 9.92. The molecule has 0 radical (unpaired) electrons. The Labute approximate surface area is 279 Å². The highest BCUT2D eigenvalue weighted by Gasteiger charge is 2.32. The minimum Gasteiger partial charge on any atom is -0.447 e. The van der Waals surface area contributed by atoms with E-state index in [0.29, 0.717) is 49.9 Å². The summed E-state index contributed by atoms with van der Waals surface area (Å²) in [6.45, 7) is 3.55. The van der Waals surface area contributed by atoms with Crippen LogP contribution in [0.1, 0.15) is 68.5 Å². The molecule has 15 heteroatoms. The van der Waals surface area contributed by atoms with Crippen LogP contribution in [0.5, 0.6) is 0 Å². The van der Waals surface area contributed by atoms with Crippen LogP contribution in [-0.4, -0.2) is 62.0 Å². The van der Waals surface area contributed by atoms with Crippen molar-refractivity contribution in [1.29, 1.82) is 0 Å². The maximum absolute atomic E-state index is 14.4. The monoisotopic (exact) mass is 684 g/mol. The van der Waals surface area contributed by atoms with Gasteiger partial charge in [-0.3, -0.25) is 14.7 Å². The molecule has 1 saturated carbocycles. The molecule has 1 atom stereocenters. The minimum atomic E-state index is -2.77. The van der Waals surface area contributed by atoms with E-state index in [1.165, 1.54) is 28.6 Å². The van der Waals surface area contributed by atoms with E-state index in [1.54, 1.807) is 48.0 Å². The first-order valence-corrected chi connectivity index (χ1v) is 16.2. The van der Waals surface area contributed by atoms with Gasteiger partial charge >= 0.3 is 12.6 Å². The summed E-state index contributed by atoms with van der Waals surface area (Å²) in [6.07, 6.45) is 4.38. The highest BCUT2D eigenvalue weighted by molar-refractivity contribution is 7.12. The van der Waals surface area contributed by atoms with Crippen molar-refractivity contribution in [3.8, 4) is 21.7 Å². The summed E-state index contributed by atoms with van der Waals surface area (Å²) < 4.78 is 32.4. The molecular formula is C32H35ClF2N8O3S. The van der Waals surface area contributed by atoms with Gasteiger partial charge in [0.2, 0.25) is 0 Å². The average molecular weight is 685 g/mol. The van der Waals surface area contributed by atoms with Gasteiger partial charge in [0.1, 0.15) is 17.1 Å². The van der Waals surface area contributed by atoms with Crippen molar-refractivity contribution in [2.45, 2.75) is 58.7 Å². The summed E-state index contributed by atoms with van der Waals surface area (Å²) in [7, 11) is 0. The van der Waals surface area contributed by atoms with Crippen LogP contribution in [0.2, 0.25) is 5.02 Å². The molecule has 47 heavy (non-hydrogen) atoms. The first kappa shape index (κ1) is 33.9.